The summed E-state index contributed by atoms with van der Waals surface area (Å²) in [5.41, 5.74) is 6.75. The quantitative estimate of drug-likeness (QED) is 0.401. The van der Waals surface area contributed by atoms with Crippen LogP contribution in [0.1, 0.15) is 16.1 Å². The number of amides is 2. The van der Waals surface area contributed by atoms with Gasteiger partial charge in [-0.1, -0.05) is 30.3 Å². The average molecular weight is 430 g/mol. The maximum atomic E-state index is 13.0. The minimum absolute atomic E-state index is 0.117. The smallest absolute Gasteiger partial charge is 0.287 e. The first-order valence-electron chi connectivity index (χ1n) is 9.60. The lowest BCUT2D eigenvalue weighted by molar-refractivity contribution is -0.137. The zero-order valence-electron chi connectivity index (χ0n) is 16.7. The first-order valence-corrected chi connectivity index (χ1v) is 9.60. The fourth-order valence-corrected chi connectivity index (χ4v) is 3.13. The SMILES string of the molecule is NC(=O)C(=O)[C@H](Cc1ccccc1)NC(=O)c1cncn1-c1ccc(-c2ncco2)cn1. The third kappa shape index (κ3) is 4.43. The lowest BCUT2D eigenvalue weighted by Gasteiger charge is -2.17. The Morgan fingerprint density at radius 2 is 1.88 bits per heavy atom. The molecule has 0 fully saturated rings. The van der Waals surface area contributed by atoms with Crippen molar-refractivity contribution in [2.24, 2.45) is 5.73 Å². The summed E-state index contributed by atoms with van der Waals surface area (Å²) < 4.78 is 6.70. The summed E-state index contributed by atoms with van der Waals surface area (Å²) in [7, 11) is 0. The Morgan fingerprint density at radius 1 is 1.06 bits per heavy atom. The molecule has 1 aromatic carbocycles. The number of nitrogens with zero attached hydrogens (tertiary/aromatic N) is 4. The standard InChI is InChI=1S/C22H18N6O4/c23-20(30)19(29)16(10-14-4-2-1-3-5-14)27-21(31)17-12-24-13-28(17)18-7-6-15(11-26-18)22-25-8-9-32-22/h1-9,11-13,16H,10H2,(H2,23,30)(H,27,31)/t16-/m0/s1. The van der Waals surface area contributed by atoms with Gasteiger partial charge >= 0.3 is 0 Å². The van der Waals surface area contributed by atoms with Gasteiger partial charge in [-0.2, -0.15) is 0 Å². The molecule has 4 aromatic rings. The highest BCUT2D eigenvalue weighted by atomic mass is 16.3. The molecule has 3 heterocycles. The summed E-state index contributed by atoms with van der Waals surface area (Å²) in [6.45, 7) is 0. The lowest BCUT2D eigenvalue weighted by Crippen LogP contribution is -2.47. The van der Waals surface area contributed by atoms with Gasteiger partial charge in [0.15, 0.2) is 0 Å². The van der Waals surface area contributed by atoms with Gasteiger partial charge in [0.2, 0.25) is 11.7 Å². The number of hydrogen-bond acceptors (Lipinski definition) is 7. The zero-order valence-corrected chi connectivity index (χ0v) is 16.7. The molecule has 10 heteroatoms. The van der Waals surface area contributed by atoms with Gasteiger partial charge in [-0.05, 0) is 17.7 Å². The maximum Gasteiger partial charge on any atom is 0.287 e. The third-order valence-electron chi connectivity index (χ3n) is 4.69. The summed E-state index contributed by atoms with van der Waals surface area (Å²) in [6.07, 6.45) is 7.42. The predicted molar refractivity (Wildman–Crippen MR) is 112 cm³/mol. The van der Waals surface area contributed by atoms with Gasteiger partial charge in [-0.3, -0.25) is 19.0 Å². The molecule has 0 unspecified atom stereocenters. The Balaban J connectivity index is 1.56. The molecule has 0 aliphatic rings. The van der Waals surface area contributed by atoms with Crippen molar-refractivity contribution in [3.8, 4) is 17.3 Å². The number of benzene rings is 1. The Labute approximate surface area is 182 Å². The van der Waals surface area contributed by atoms with E-state index in [9.17, 15) is 14.4 Å². The molecule has 3 N–H and O–H groups in total. The van der Waals surface area contributed by atoms with Crippen LogP contribution in [-0.2, 0) is 16.0 Å². The molecule has 0 bridgehead atoms. The number of imidazole rings is 1. The first-order chi connectivity index (χ1) is 15.5. The molecule has 3 aromatic heterocycles. The van der Waals surface area contributed by atoms with Crippen LogP contribution in [0.25, 0.3) is 17.3 Å². The fraction of sp³-hybridized carbons (Fsp3) is 0.0909. The fourth-order valence-electron chi connectivity index (χ4n) is 3.13. The molecule has 0 radical (unpaired) electrons. The molecule has 0 saturated carbocycles. The van der Waals surface area contributed by atoms with Crippen molar-refractivity contribution in [1.82, 2.24) is 24.8 Å². The largest absolute Gasteiger partial charge is 0.444 e. The van der Waals surface area contributed by atoms with Crippen LogP contribution >= 0.6 is 0 Å². The number of Topliss-reactive ketones (excluding diaryl/α,β-unsaturated/α-hetero) is 1. The van der Waals surface area contributed by atoms with Crippen molar-refractivity contribution in [1.29, 1.82) is 0 Å². The normalized spacial score (nSPS) is 11.6. The molecule has 32 heavy (non-hydrogen) atoms. The molecular weight excluding hydrogens is 412 g/mol. The molecule has 0 aliphatic carbocycles. The van der Waals surface area contributed by atoms with Crippen molar-refractivity contribution in [2.45, 2.75) is 12.5 Å². The summed E-state index contributed by atoms with van der Waals surface area (Å²) in [5.74, 6) is -1.77. The summed E-state index contributed by atoms with van der Waals surface area (Å²) in [5, 5.41) is 2.59. The van der Waals surface area contributed by atoms with E-state index in [2.05, 4.69) is 20.3 Å². The number of primary amides is 1. The molecule has 0 spiro atoms. The van der Waals surface area contributed by atoms with E-state index >= 15 is 0 Å². The van der Waals surface area contributed by atoms with Crippen LogP contribution in [0.3, 0.4) is 0 Å². The highest BCUT2D eigenvalue weighted by molar-refractivity contribution is 6.38. The van der Waals surface area contributed by atoms with Crippen molar-refractivity contribution in [2.75, 3.05) is 0 Å². The number of nitrogens with two attached hydrogens (primary N) is 1. The highest BCUT2D eigenvalue weighted by Gasteiger charge is 2.27. The zero-order chi connectivity index (χ0) is 22.5. The van der Waals surface area contributed by atoms with Gasteiger partial charge in [0.1, 0.15) is 30.1 Å². The Bertz CT molecular complexity index is 1230. The number of carbonyl (C=O) groups excluding carboxylic acids is 3. The average Bonchev–Trinajstić information content (AvgIpc) is 3.51. The predicted octanol–water partition coefficient (Wildman–Crippen LogP) is 1.32. The topological polar surface area (TPSA) is 146 Å². The van der Waals surface area contributed by atoms with E-state index in [1.54, 1.807) is 42.6 Å². The monoisotopic (exact) mass is 430 g/mol. The number of rotatable bonds is 8. The van der Waals surface area contributed by atoms with Crippen molar-refractivity contribution >= 4 is 17.6 Å². The number of aromatic nitrogens is 4. The summed E-state index contributed by atoms with van der Waals surface area (Å²) in [6, 6.07) is 11.3. The van der Waals surface area contributed by atoms with E-state index in [1.807, 2.05) is 6.07 Å². The molecule has 160 valence electrons. The van der Waals surface area contributed by atoms with Crippen molar-refractivity contribution < 1.29 is 18.8 Å². The number of carbonyl (C=O) groups is 3. The minimum atomic E-state index is -1.12. The molecule has 2 amide bonds. The molecule has 0 aliphatic heterocycles. The summed E-state index contributed by atoms with van der Waals surface area (Å²) >= 11 is 0. The molecule has 1 atom stereocenters. The Morgan fingerprint density at radius 3 is 2.53 bits per heavy atom. The van der Waals surface area contributed by atoms with E-state index in [4.69, 9.17) is 10.2 Å². The van der Waals surface area contributed by atoms with Crippen LogP contribution in [0.4, 0.5) is 0 Å². The van der Waals surface area contributed by atoms with Crippen LogP contribution in [-0.4, -0.2) is 43.2 Å². The Kier molecular flexibility index (Phi) is 5.84. The number of hydrogen-bond donors (Lipinski definition) is 2. The van der Waals surface area contributed by atoms with Gasteiger partial charge in [-0.25, -0.2) is 15.0 Å². The van der Waals surface area contributed by atoms with E-state index in [1.165, 1.54) is 29.6 Å². The van der Waals surface area contributed by atoms with Crippen LogP contribution in [0.5, 0.6) is 0 Å². The number of ketones is 1. The molecular formula is C22H18N6O4. The van der Waals surface area contributed by atoms with E-state index in [-0.39, 0.29) is 12.1 Å². The van der Waals surface area contributed by atoms with E-state index < -0.39 is 23.6 Å². The second kappa shape index (κ2) is 9.04. The third-order valence-corrected chi connectivity index (χ3v) is 4.69. The van der Waals surface area contributed by atoms with E-state index in [0.717, 1.165) is 5.56 Å². The second-order valence-corrected chi connectivity index (χ2v) is 6.84. The van der Waals surface area contributed by atoms with Gasteiger partial charge in [0.25, 0.3) is 11.8 Å². The van der Waals surface area contributed by atoms with Gasteiger partial charge in [-0.15, -0.1) is 0 Å². The molecule has 4 rings (SSSR count). The van der Waals surface area contributed by atoms with Gasteiger partial charge in [0.05, 0.1) is 18.0 Å². The second-order valence-electron chi connectivity index (χ2n) is 6.84. The number of nitrogens with one attached hydrogen (secondary N) is 1. The van der Waals surface area contributed by atoms with Crippen LogP contribution < -0.4 is 11.1 Å². The lowest BCUT2D eigenvalue weighted by atomic mass is 10.0. The minimum Gasteiger partial charge on any atom is -0.444 e. The van der Waals surface area contributed by atoms with E-state index in [0.29, 0.717) is 17.3 Å². The van der Waals surface area contributed by atoms with Crippen LogP contribution in [0.2, 0.25) is 0 Å². The number of oxazole rings is 1. The molecule has 0 saturated heterocycles. The maximum absolute atomic E-state index is 13.0. The van der Waals surface area contributed by atoms with Gasteiger partial charge in [0, 0.05) is 12.6 Å². The van der Waals surface area contributed by atoms with Gasteiger partial charge < -0.3 is 15.5 Å². The number of pyridine rings is 1. The van der Waals surface area contributed by atoms with Crippen LogP contribution in [0.15, 0.2) is 78.1 Å². The van der Waals surface area contributed by atoms with Crippen molar-refractivity contribution in [3.05, 3.63) is 84.9 Å². The molecule has 10 nitrogen and oxygen atoms in total. The van der Waals surface area contributed by atoms with Crippen LogP contribution in [0, 0.1) is 0 Å². The van der Waals surface area contributed by atoms with Crippen molar-refractivity contribution in [3.63, 3.8) is 0 Å². The summed E-state index contributed by atoms with van der Waals surface area (Å²) in [4.78, 5) is 49.2. The first kappa shape index (κ1) is 20.7. The highest BCUT2D eigenvalue weighted by Crippen LogP contribution is 2.18. The Hall–Kier alpha value is -4.60.